The number of sulfone groups is 1. The number of nitrogens with one attached hydrogen (secondary N) is 1. The van der Waals surface area contributed by atoms with Crippen LogP contribution in [0.15, 0.2) is 12.1 Å². The van der Waals surface area contributed by atoms with Crippen LogP contribution in [0.25, 0.3) is 0 Å². The van der Waals surface area contributed by atoms with Gasteiger partial charge in [0.05, 0.1) is 14.8 Å². The van der Waals surface area contributed by atoms with Gasteiger partial charge in [-0.1, -0.05) is 34.8 Å². The van der Waals surface area contributed by atoms with Gasteiger partial charge in [-0.25, -0.2) is 8.42 Å². The maximum absolute atomic E-state index is 11.6. The van der Waals surface area contributed by atoms with Gasteiger partial charge in [-0.2, -0.15) is 0 Å². The first-order valence-electron chi connectivity index (χ1n) is 5.59. The molecule has 1 rings (SSSR count). The van der Waals surface area contributed by atoms with Gasteiger partial charge in [-0.05, 0) is 26.0 Å². The number of hydrogen-bond acceptors (Lipinski definition) is 3. The second-order valence-corrected chi connectivity index (χ2v) is 8.80. The summed E-state index contributed by atoms with van der Waals surface area (Å²) in [5.41, 5.74) is 0.667. The lowest BCUT2D eigenvalue weighted by Crippen LogP contribution is -2.41. The molecule has 1 aromatic rings. The van der Waals surface area contributed by atoms with E-state index in [1.54, 1.807) is 26.0 Å². The largest absolute Gasteiger partial charge is 0.311 e. The Kier molecular flexibility index (Phi) is 5.55. The van der Waals surface area contributed by atoms with Crippen LogP contribution in [0.2, 0.25) is 15.1 Å². The Bertz CT molecular complexity index is 571. The van der Waals surface area contributed by atoms with Gasteiger partial charge in [0.2, 0.25) is 0 Å². The van der Waals surface area contributed by atoms with Crippen molar-refractivity contribution in [1.29, 1.82) is 0 Å². The first kappa shape index (κ1) is 17.1. The van der Waals surface area contributed by atoms with Crippen LogP contribution in [-0.4, -0.2) is 26.0 Å². The lowest BCUT2D eigenvalue weighted by molar-refractivity contribution is 0.521. The molecule has 0 aliphatic heterocycles. The van der Waals surface area contributed by atoms with Crippen LogP contribution in [0.3, 0.4) is 0 Å². The molecule has 0 spiro atoms. The summed E-state index contributed by atoms with van der Waals surface area (Å²) in [6.07, 6.45) is 1.22. The van der Waals surface area contributed by atoms with Crippen molar-refractivity contribution >= 4 is 44.6 Å². The molecule has 0 saturated carbocycles. The summed E-state index contributed by atoms with van der Waals surface area (Å²) in [5.74, 6) is 0. The zero-order valence-electron chi connectivity index (χ0n) is 10.9. The standard InChI is InChI=1S/C12H16Cl3NO2S/c1-12(2,19(3,17)18)7-16-6-8-9(13)4-5-10(14)11(8)15/h4-5,16H,6-7H2,1-3H3. The predicted molar refractivity (Wildman–Crippen MR) is 82.1 cm³/mol. The van der Waals surface area contributed by atoms with Gasteiger partial charge in [0.15, 0.2) is 9.84 Å². The van der Waals surface area contributed by atoms with Crippen LogP contribution < -0.4 is 5.32 Å². The van der Waals surface area contributed by atoms with Crippen LogP contribution in [0.5, 0.6) is 0 Å². The molecule has 19 heavy (non-hydrogen) atoms. The van der Waals surface area contributed by atoms with Crippen LogP contribution in [0.1, 0.15) is 19.4 Å². The molecule has 0 heterocycles. The van der Waals surface area contributed by atoms with E-state index in [0.29, 0.717) is 33.7 Å². The van der Waals surface area contributed by atoms with E-state index in [2.05, 4.69) is 5.32 Å². The molecule has 0 radical (unpaired) electrons. The number of hydrogen-bond donors (Lipinski definition) is 1. The third-order valence-electron chi connectivity index (χ3n) is 3.00. The van der Waals surface area contributed by atoms with E-state index in [1.165, 1.54) is 6.26 Å². The third kappa shape index (κ3) is 4.23. The first-order chi connectivity index (χ1) is 8.56. The molecule has 0 amide bonds. The van der Waals surface area contributed by atoms with Crippen molar-refractivity contribution in [3.63, 3.8) is 0 Å². The first-order valence-corrected chi connectivity index (χ1v) is 8.61. The van der Waals surface area contributed by atoms with Gasteiger partial charge in [0, 0.05) is 29.9 Å². The summed E-state index contributed by atoms with van der Waals surface area (Å²) in [6, 6.07) is 3.28. The van der Waals surface area contributed by atoms with Gasteiger partial charge in [0.25, 0.3) is 0 Å². The summed E-state index contributed by atoms with van der Waals surface area (Å²) in [5, 5.41) is 4.36. The van der Waals surface area contributed by atoms with Crippen molar-refractivity contribution in [2.75, 3.05) is 12.8 Å². The van der Waals surface area contributed by atoms with Crippen molar-refractivity contribution < 1.29 is 8.42 Å². The molecule has 0 bridgehead atoms. The van der Waals surface area contributed by atoms with Crippen molar-refractivity contribution in [1.82, 2.24) is 5.32 Å². The molecule has 108 valence electrons. The molecule has 0 aliphatic carbocycles. The summed E-state index contributed by atoms with van der Waals surface area (Å²) in [4.78, 5) is 0. The molecule has 0 aliphatic rings. The minimum absolute atomic E-state index is 0.297. The van der Waals surface area contributed by atoms with E-state index >= 15 is 0 Å². The molecule has 0 atom stereocenters. The van der Waals surface area contributed by atoms with Crippen molar-refractivity contribution in [3.05, 3.63) is 32.8 Å². The van der Waals surface area contributed by atoms with Gasteiger partial charge < -0.3 is 5.32 Å². The van der Waals surface area contributed by atoms with E-state index in [1.807, 2.05) is 0 Å². The minimum atomic E-state index is -3.14. The van der Waals surface area contributed by atoms with E-state index in [0.717, 1.165) is 0 Å². The number of benzene rings is 1. The lowest BCUT2D eigenvalue weighted by Gasteiger charge is -2.23. The van der Waals surface area contributed by atoms with Crippen molar-refractivity contribution in [2.24, 2.45) is 0 Å². The van der Waals surface area contributed by atoms with Crippen LogP contribution in [-0.2, 0) is 16.4 Å². The van der Waals surface area contributed by atoms with Crippen LogP contribution in [0, 0.1) is 0 Å². The SMILES string of the molecule is CC(C)(CNCc1c(Cl)ccc(Cl)c1Cl)S(C)(=O)=O. The minimum Gasteiger partial charge on any atom is -0.311 e. The predicted octanol–water partition coefficient (Wildman–Crippen LogP) is 3.56. The maximum Gasteiger partial charge on any atom is 0.153 e. The molecular weight excluding hydrogens is 329 g/mol. The Morgan fingerprint density at radius 3 is 2.21 bits per heavy atom. The maximum atomic E-state index is 11.6. The molecule has 0 saturated heterocycles. The summed E-state index contributed by atoms with van der Waals surface area (Å²) in [6.45, 7) is 3.98. The van der Waals surface area contributed by atoms with E-state index in [-0.39, 0.29) is 0 Å². The highest BCUT2D eigenvalue weighted by molar-refractivity contribution is 7.92. The smallest absolute Gasteiger partial charge is 0.153 e. The number of rotatable bonds is 5. The van der Waals surface area contributed by atoms with Crippen LogP contribution >= 0.6 is 34.8 Å². The average molecular weight is 345 g/mol. The summed E-state index contributed by atoms with van der Waals surface area (Å²) in [7, 11) is -3.14. The van der Waals surface area contributed by atoms with E-state index in [9.17, 15) is 8.42 Å². The second-order valence-electron chi connectivity index (χ2n) is 4.96. The Balaban J connectivity index is 2.77. The van der Waals surface area contributed by atoms with Crippen LogP contribution in [0.4, 0.5) is 0 Å². The fourth-order valence-electron chi connectivity index (χ4n) is 1.35. The molecule has 7 heteroatoms. The molecule has 0 unspecified atom stereocenters. The quantitative estimate of drug-likeness (QED) is 0.831. The Morgan fingerprint density at radius 2 is 1.68 bits per heavy atom. The Hall–Kier alpha value is -0.000000000000000167. The lowest BCUT2D eigenvalue weighted by atomic mass is 10.2. The fourth-order valence-corrected chi connectivity index (χ4v) is 2.40. The molecule has 0 aromatic heterocycles. The molecular formula is C12H16Cl3NO2S. The number of halogens is 3. The van der Waals surface area contributed by atoms with Gasteiger partial charge in [0.1, 0.15) is 0 Å². The Labute approximate surface area is 129 Å². The average Bonchev–Trinajstić information content (AvgIpc) is 2.27. The van der Waals surface area contributed by atoms with E-state index < -0.39 is 14.6 Å². The van der Waals surface area contributed by atoms with Gasteiger partial charge in [-0.3, -0.25) is 0 Å². The normalized spacial score (nSPS) is 12.7. The fraction of sp³-hybridized carbons (Fsp3) is 0.500. The molecule has 1 aromatic carbocycles. The zero-order valence-corrected chi connectivity index (χ0v) is 14.0. The summed E-state index contributed by atoms with van der Waals surface area (Å²) < 4.78 is 22.3. The van der Waals surface area contributed by atoms with Gasteiger partial charge in [-0.15, -0.1) is 0 Å². The van der Waals surface area contributed by atoms with Crippen molar-refractivity contribution in [3.8, 4) is 0 Å². The van der Waals surface area contributed by atoms with E-state index in [4.69, 9.17) is 34.8 Å². The molecule has 1 N–H and O–H groups in total. The van der Waals surface area contributed by atoms with Gasteiger partial charge >= 0.3 is 0 Å². The highest BCUT2D eigenvalue weighted by Crippen LogP contribution is 2.31. The molecule has 0 fully saturated rings. The monoisotopic (exact) mass is 343 g/mol. The highest BCUT2D eigenvalue weighted by atomic mass is 35.5. The third-order valence-corrected chi connectivity index (χ3v) is 6.34. The molecule has 3 nitrogen and oxygen atoms in total. The zero-order chi connectivity index (χ0) is 14.8. The topological polar surface area (TPSA) is 46.2 Å². The Morgan fingerprint density at radius 1 is 1.16 bits per heavy atom. The second kappa shape index (κ2) is 6.19. The van der Waals surface area contributed by atoms with Crippen molar-refractivity contribution in [2.45, 2.75) is 25.1 Å². The summed E-state index contributed by atoms with van der Waals surface area (Å²) >= 11 is 18.0. The highest BCUT2D eigenvalue weighted by Gasteiger charge is 2.29.